The van der Waals surface area contributed by atoms with E-state index < -0.39 is 0 Å². The fourth-order valence-corrected chi connectivity index (χ4v) is 4.52. The van der Waals surface area contributed by atoms with Gasteiger partial charge < -0.3 is 15.0 Å². The highest BCUT2D eigenvalue weighted by molar-refractivity contribution is 7.17. The van der Waals surface area contributed by atoms with Crippen molar-refractivity contribution in [2.75, 3.05) is 19.6 Å². The number of carbonyl (C=O) groups is 1. The van der Waals surface area contributed by atoms with Crippen molar-refractivity contribution in [1.82, 2.24) is 10.2 Å². The molecule has 1 atom stereocenters. The first kappa shape index (κ1) is 16.1. The lowest BCUT2D eigenvalue weighted by Crippen LogP contribution is -2.57. The van der Waals surface area contributed by atoms with Gasteiger partial charge in [0, 0.05) is 17.5 Å². The zero-order chi connectivity index (χ0) is 17.2. The number of hydrogen-bond acceptors (Lipinski definition) is 5. The molecule has 0 spiro atoms. The van der Waals surface area contributed by atoms with Gasteiger partial charge in [-0.15, -0.1) is 0 Å². The molecule has 25 heavy (non-hydrogen) atoms. The topological polar surface area (TPSA) is 65.4 Å². The molecule has 0 unspecified atom stereocenters. The second-order valence-electron chi connectivity index (χ2n) is 6.59. The Balaban J connectivity index is 1.39. The van der Waals surface area contributed by atoms with Gasteiger partial charge in [-0.2, -0.15) is 5.26 Å². The molecule has 0 aliphatic carbocycles. The molecule has 2 bridgehead atoms. The summed E-state index contributed by atoms with van der Waals surface area (Å²) in [6.45, 7) is 3.22. The molecule has 1 aromatic carbocycles. The van der Waals surface area contributed by atoms with E-state index >= 15 is 0 Å². The number of nitriles is 1. The molecular formula is C19H19N3O2S. The van der Waals surface area contributed by atoms with E-state index in [1.807, 2.05) is 24.3 Å². The van der Waals surface area contributed by atoms with E-state index in [9.17, 15) is 4.79 Å². The molecule has 3 aliphatic heterocycles. The zero-order valence-corrected chi connectivity index (χ0v) is 14.6. The summed E-state index contributed by atoms with van der Waals surface area (Å²) in [5.41, 5.74) is 1.57. The third kappa shape index (κ3) is 3.53. The molecule has 2 aromatic rings. The van der Waals surface area contributed by atoms with Crippen molar-refractivity contribution >= 4 is 17.4 Å². The standard InChI is InChI=1S/C19H19N3O2S/c20-11-13-2-1-3-15(10-13)17-4-5-18(25-17)24-19(23)21-16-12-22-8-6-14(16)7-9-22/h1-5,10,14,16H,6-9,12H2,(H,21,23)/t16-/m0/s1. The zero-order valence-electron chi connectivity index (χ0n) is 13.8. The van der Waals surface area contributed by atoms with Crippen molar-refractivity contribution in [3.05, 3.63) is 42.0 Å². The van der Waals surface area contributed by atoms with Crippen LogP contribution in [0, 0.1) is 17.2 Å². The summed E-state index contributed by atoms with van der Waals surface area (Å²) < 4.78 is 5.47. The molecule has 1 amide bonds. The van der Waals surface area contributed by atoms with Crippen LogP contribution in [0.5, 0.6) is 5.06 Å². The van der Waals surface area contributed by atoms with Gasteiger partial charge in [-0.1, -0.05) is 23.5 Å². The third-order valence-electron chi connectivity index (χ3n) is 5.01. The summed E-state index contributed by atoms with van der Waals surface area (Å²) in [5, 5.41) is 12.6. The summed E-state index contributed by atoms with van der Waals surface area (Å²) >= 11 is 1.41. The number of piperidine rings is 3. The van der Waals surface area contributed by atoms with E-state index in [-0.39, 0.29) is 12.1 Å². The van der Waals surface area contributed by atoms with Crippen LogP contribution in [0.25, 0.3) is 10.4 Å². The Kier molecular flexibility index (Phi) is 4.43. The predicted molar refractivity (Wildman–Crippen MR) is 96.6 cm³/mol. The Bertz CT molecular complexity index is 818. The first-order valence-electron chi connectivity index (χ1n) is 8.52. The Morgan fingerprint density at radius 2 is 2.12 bits per heavy atom. The molecule has 0 radical (unpaired) electrons. The Morgan fingerprint density at radius 1 is 1.28 bits per heavy atom. The van der Waals surface area contributed by atoms with Gasteiger partial charge in [0.2, 0.25) is 0 Å². The highest BCUT2D eigenvalue weighted by Gasteiger charge is 2.35. The van der Waals surface area contributed by atoms with Gasteiger partial charge in [-0.3, -0.25) is 0 Å². The first-order valence-corrected chi connectivity index (χ1v) is 9.34. The smallest absolute Gasteiger partial charge is 0.399 e. The molecule has 4 heterocycles. The summed E-state index contributed by atoms with van der Waals surface area (Å²) in [4.78, 5) is 15.6. The molecule has 5 nitrogen and oxygen atoms in total. The fraction of sp³-hybridized carbons (Fsp3) is 0.368. The molecule has 1 aromatic heterocycles. The number of thiophene rings is 1. The van der Waals surface area contributed by atoms with Gasteiger partial charge in [0.05, 0.1) is 11.6 Å². The number of rotatable bonds is 3. The number of nitrogens with zero attached hydrogens (tertiary/aromatic N) is 2. The minimum atomic E-state index is -0.377. The number of ether oxygens (including phenoxy) is 1. The number of nitrogens with one attached hydrogen (secondary N) is 1. The van der Waals surface area contributed by atoms with E-state index in [1.165, 1.54) is 11.3 Å². The lowest BCUT2D eigenvalue weighted by Gasteiger charge is -2.44. The van der Waals surface area contributed by atoms with Gasteiger partial charge in [-0.25, -0.2) is 4.79 Å². The van der Waals surface area contributed by atoms with E-state index in [0.717, 1.165) is 42.9 Å². The van der Waals surface area contributed by atoms with Crippen LogP contribution in [0.2, 0.25) is 0 Å². The van der Waals surface area contributed by atoms with Crippen LogP contribution in [-0.2, 0) is 0 Å². The molecule has 128 valence electrons. The molecule has 3 aliphatic rings. The predicted octanol–water partition coefficient (Wildman–Crippen LogP) is 3.47. The molecular weight excluding hydrogens is 334 g/mol. The number of fused-ring (bicyclic) bond motifs is 3. The van der Waals surface area contributed by atoms with E-state index in [2.05, 4.69) is 16.3 Å². The number of carbonyl (C=O) groups excluding carboxylic acids is 1. The van der Waals surface area contributed by atoms with E-state index in [0.29, 0.717) is 16.5 Å². The third-order valence-corrected chi connectivity index (χ3v) is 6.02. The summed E-state index contributed by atoms with van der Waals surface area (Å²) in [6, 6.07) is 13.5. The van der Waals surface area contributed by atoms with Crippen molar-refractivity contribution in [2.45, 2.75) is 18.9 Å². The van der Waals surface area contributed by atoms with Crippen molar-refractivity contribution in [1.29, 1.82) is 5.26 Å². The highest BCUT2D eigenvalue weighted by atomic mass is 32.1. The Hall–Kier alpha value is -2.36. The van der Waals surface area contributed by atoms with E-state index in [1.54, 1.807) is 12.1 Å². The maximum atomic E-state index is 12.2. The van der Waals surface area contributed by atoms with Gasteiger partial charge >= 0.3 is 6.09 Å². The maximum absolute atomic E-state index is 12.2. The normalized spacial score (nSPS) is 24.5. The second kappa shape index (κ2) is 6.87. The fourth-order valence-electron chi connectivity index (χ4n) is 3.67. The van der Waals surface area contributed by atoms with Crippen LogP contribution in [0.4, 0.5) is 4.79 Å². The van der Waals surface area contributed by atoms with Crippen molar-refractivity contribution in [3.63, 3.8) is 0 Å². The van der Waals surface area contributed by atoms with Crippen LogP contribution >= 0.6 is 11.3 Å². The molecule has 5 rings (SSSR count). The summed E-state index contributed by atoms with van der Waals surface area (Å²) in [5.74, 6) is 0.574. The minimum absolute atomic E-state index is 0.196. The average molecular weight is 353 g/mol. The highest BCUT2D eigenvalue weighted by Crippen LogP contribution is 2.33. The Morgan fingerprint density at radius 3 is 2.84 bits per heavy atom. The largest absolute Gasteiger partial charge is 0.413 e. The van der Waals surface area contributed by atoms with Gasteiger partial charge in [0.25, 0.3) is 0 Å². The SMILES string of the molecule is N#Cc1cccc(-c2ccc(OC(=O)N[C@H]3CN4CCC3CC4)s2)c1. The average Bonchev–Trinajstić information content (AvgIpc) is 3.11. The van der Waals surface area contributed by atoms with Crippen LogP contribution in [-0.4, -0.2) is 36.7 Å². The maximum Gasteiger partial charge on any atom is 0.413 e. The lowest BCUT2D eigenvalue weighted by atomic mass is 9.84. The number of hydrogen-bond donors (Lipinski definition) is 1. The van der Waals surface area contributed by atoms with Crippen molar-refractivity contribution < 1.29 is 9.53 Å². The van der Waals surface area contributed by atoms with Crippen LogP contribution in [0.15, 0.2) is 36.4 Å². The molecule has 3 fully saturated rings. The molecule has 1 N–H and O–H groups in total. The first-order chi connectivity index (χ1) is 12.2. The molecule has 0 saturated carbocycles. The Labute approximate surface area is 150 Å². The van der Waals surface area contributed by atoms with Crippen LogP contribution in [0.1, 0.15) is 18.4 Å². The summed E-state index contributed by atoms with van der Waals surface area (Å²) in [7, 11) is 0. The lowest BCUT2D eigenvalue weighted by molar-refractivity contribution is 0.0726. The summed E-state index contributed by atoms with van der Waals surface area (Å²) in [6.07, 6.45) is 1.94. The minimum Gasteiger partial charge on any atom is -0.399 e. The quantitative estimate of drug-likeness (QED) is 0.918. The van der Waals surface area contributed by atoms with Crippen molar-refractivity contribution in [2.24, 2.45) is 5.92 Å². The van der Waals surface area contributed by atoms with Gasteiger partial charge in [-0.05, 0) is 61.7 Å². The van der Waals surface area contributed by atoms with Gasteiger partial charge in [0.15, 0.2) is 5.06 Å². The number of amides is 1. The van der Waals surface area contributed by atoms with Crippen LogP contribution in [0.3, 0.4) is 0 Å². The monoisotopic (exact) mass is 353 g/mol. The van der Waals surface area contributed by atoms with Gasteiger partial charge in [0.1, 0.15) is 0 Å². The number of benzene rings is 1. The van der Waals surface area contributed by atoms with Crippen LogP contribution < -0.4 is 10.1 Å². The molecule has 3 saturated heterocycles. The molecule has 6 heteroatoms. The van der Waals surface area contributed by atoms with Crippen molar-refractivity contribution in [3.8, 4) is 21.6 Å². The second-order valence-corrected chi connectivity index (χ2v) is 7.64. The van der Waals surface area contributed by atoms with E-state index in [4.69, 9.17) is 10.00 Å².